The minimum absolute atomic E-state index is 0.581. The molecule has 3 aliphatic rings. The number of hydrogen-bond donors (Lipinski definition) is 0. The fourth-order valence-electron chi connectivity index (χ4n) is 5.16. The van der Waals surface area contributed by atoms with E-state index in [9.17, 15) is 0 Å². The van der Waals surface area contributed by atoms with Crippen LogP contribution in [0.3, 0.4) is 0 Å². The summed E-state index contributed by atoms with van der Waals surface area (Å²) in [6.07, 6.45) is -0.581. The Balaban J connectivity index is 1.70. The van der Waals surface area contributed by atoms with Crippen LogP contribution in [-0.2, 0) is 0 Å². The van der Waals surface area contributed by atoms with E-state index >= 15 is 0 Å². The summed E-state index contributed by atoms with van der Waals surface area (Å²) < 4.78 is 7.32. The van der Waals surface area contributed by atoms with E-state index in [0.29, 0.717) is 11.7 Å². The van der Waals surface area contributed by atoms with Crippen molar-refractivity contribution in [3.05, 3.63) is 87.4 Å². The van der Waals surface area contributed by atoms with Crippen molar-refractivity contribution in [1.82, 2.24) is 8.96 Å². The van der Waals surface area contributed by atoms with Gasteiger partial charge in [0.25, 0.3) is 0 Å². The first-order chi connectivity index (χ1) is 17.0. The average molecular weight is 808 g/mol. The Morgan fingerprint density at radius 2 is 1.34 bits per heavy atom. The van der Waals surface area contributed by atoms with Gasteiger partial charge in [-0.3, -0.25) is 0 Å². The van der Waals surface area contributed by atoms with E-state index in [4.69, 9.17) is 31.4 Å². The first-order valence-corrected chi connectivity index (χ1v) is 14.4. The van der Waals surface area contributed by atoms with Gasteiger partial charge in [-0.25, -0.2) is 20.0 Å². The monoisotopic (exact) mass is 808 g/mol. The fraction of sp³-hybridized carbons (Fsp3) is 0. The maximum atomic E-state index is 7.32. The lowest BCUT2D eigenvalue weighted by Gasteiger charge is -2.18. The van der Waals surface area contributed by atoms with Gasteiger partial charge < -0.3 is 8.96 Å². The van der Waals surface area contributed by atoms with Gasteiger partial charge in [-0.15, -0.1) is 11.5 Å². The molecule has 0 radical (unpaired) electrons. The Bertz CT molecular complexity index is 2020. The first kappa shape index (κ1) is 21.3. The molecule has 3 aliphatic heterocycles. The van der Waals surface area contributed by atoms with Crippen molar-refractivity contribution in [2.45, 2.75) is 0 Å². The van der Waals surface area contributed by atoms with E-state index in [1.165, 1.54) is 0 Å². The summed E-state index contributed by atoms with van der Waals surface area (Å²) in [5.74, 6) is 2.87. The van der Waals surface area contributed by atoms with Crippen LogP contribution in [0.15, 0.2) is 74.6 Å². The van der Waals surface area contributed by atoms with E-state index in [0.717, 1.165) is 66.0 Å². The number of hydrogen-bond acceptors (Lipinski definition) is 4. The average Bonchev–Trinajstić information content (AvgIpc) is 3.46. The van der Waals surface area contributed by atoms with Crippen molar-refractivity contribution in [2.24, 2.45) is 20.0 Å². The molecule has 4 bridgehead atoms. The van der Waals surface area contributed by atoms with E-state index in [1.807, 2.05) is 15.0 Å². The van der Waals surface area contributed by atoms with Crippen molar-refractivity contribution in [3.63, 3.8) is 0 Å². The van der Waals surface area contributed by atoms with E-state index in [2.05, 4.69) is 116 Å². The Morgan fingerprint density at radius 3 is 2.17 bits per heavy atom. The Morgan fingerprint density at radius 1 is 0.629 bits per heavy atom. The highest BCUT2D eigenvalue weighted by Gasteiger charge is 2.36. The molecule has 0 saturated heterocycles. The molecule has 0 N–H and O–H groups in total. The quantitative estimate of drug-likeness (QED) is 0.141. The number of nitrogens with zero attached hydrogens (tertiary/aromatic N) is 6. The summed E-state index contributed by atoms with van der Waals surface area (Å²) in [4.78, 5) is 20.5. The lowest BCUT2D eigenvalue weighted by molar-refractivity contribution is 0.938. The molecule has 166 valence electrons. The zero-order valence-electron chi connectivity index (χ0n) is 17.5. The number of benzene rings is 3. The highest BCUT2D eigenvalue weighted by molar-refractivity contribution is 14.1. The number of amidine groups is 2. The number of halogens is 4. The third-order valence-electron chi connectivity index (χ3n) is 6.62. The third-order valence-corrected chi connectivity index (χ3v) is 9.71. The van der Waals surface area contributed by atoms with Gasteiger partial charge in [0.05, 0.1) is 0 Å². The molecule has 0 fully saturated rings. The summed E-state index contributed by atoms with van der Waals surface area (Å²) >= 11 is 14.4. The van der Waals surface area contributed by atoms with Crippen LogP contribution in [-0.4, -0.2) is 27.0 Å². The Kier molecular flexibility index (Phi) is 4.50. The third kappa shape index (κ3) is 2.71. The number of aliphatic imine (C=N–C) groups is 2. The van der Waals surface area contributed by atoms with Crippen molar-refractivity contribution in [3.8, 4) is 0 Å². The molecule has 35 heavy (non-hydrogen) atoms. The smallest absolute Gasteiger partial charge is 0.319 e. The van der Waals surface area contributed by atoms with Gasteiger partial charge in [0.15, 0.2) is 11.7 Å². The molecule has 0 saturated carbocycles. The van der Waals surface area contributed by atoms with Gasteiger partial charge in [-0.1, -0.05) is 36.4 Å². The van der Waals surface area contributed by atoms with Crippen LogP contribution in [0, 0.1) is 10.7 Å². The fourth-order valence-corrected chi connectivity index (χ4v) is 7.75. The predicted octanol–water partition coefficient (Wildman–Crippen LogP) is 5.77. The van der Waals surface area contributed by atoms with Gasteiger partial charge in [-0.2, -0.15) is 0 Å². The second-order valence-electron chi connectivity index (χ2n) is 8.43. The largest absolute Gasteiger partial charge is 0.499 e. The highest BCUT2D eigenvalue weighted by atomic mass is 127. The number of fused-ring (bicyclic) bond motifs is 10. The van der Waals surface area contributed by atoms with Crippen molar-refractivity contribution < 1.29 is 0 Å². The van der Waals surface area contributed by atoms with Crippen LogP contribution in [0.5, 0.6) is 0 Å². The maximum Gasteiger partial charge on any atom is 0.499 e. The molecule has 8 rings (SSSR count). The molecule has 5 aromatic rings. The molecule has 0 spiro atoms. The molecule has 0 unspecified atom stereocenters. The highest BCUT2D eigenvalue weighted by Crippen LogP contribution is 2.43. The lowest BCUT2D eigenvalue weighted by atomic mass is 10.1. The van der Waals surface area contributed by atoms with Crippen LogP contribution in [0.1, 0.15) is 11.1 Å². The second kappa shape index (κ2) is 7.39. The Labute approximate surface area is 244 Å². The molecule has 6 nitrogen and oxygen atoms in total. The second-order valence-corrected chi connectivity index (χ2v) is 12.3. The van der Waals surface area contributed by atoms with Gasteiger partial charge >= 0.3 is 6.40 Å². The molecule has 0 atom stereocenters. The molecular formula is C24H9BClI3N6. The van der Waals surface area contributed by atoms with Crippen LogP contribution in [0.2, 0.25) is 0 Å². The molecule has 0 amide bonds. The van der Waals surface area contributed by atoms with Gasteiger partial charge in [0, 0.05) is 43.4 Å². The van der Waals surface area contributed by atoms with Crippen LogP contribution in [0.25, 0.3) is 21.5 Å². The van der Waals surface area contributed by atoms with E-state index < -0.39 is 6.40 Å². The van der Waals surface area contributed by atoms with Gasteiger partial charge in [0.2, 0.25) is 0 Å². The number of aromatic nitrogens is 2. The first-order valence-electron chi connectivity index (χ1n) is 10.7. The molecule has 5 heterocycles. The van der Waals surface area contributed by atoms with Crippen LogP contribution >= 0.6 is 79.2 Å². The molecule has 2 aromatic heterocycles. The van der Waals surface area contributed by atoms with E-state index in [1.54, 1.807) is 0 Å². The van der Waals surface area contributed by atoms with Gasteiger partial charge in [-0.05, 0) is 86.0 Å². The van der Waals surface area contributed by atoms with Gasteiger partial charge in [0.1, 0.15) is 22.6 Å². The van der Waals surface area contributed by atoms with Crippen molar-refractivity contribution in [1.29, 1.82) is 0 Å². The summed E-state index contributed by atoms with van der Waals surface area (Å²) in [6, 6.07) is 18.7. The normalized spacial score (nSPS) is 15.0. The van der Waals surface area contributed by atoms with Crippen LogP contribution < -0.4 is 11.0 Å². The molecule has 0 aliphatic carbocycles. The molecular weight excluding hydrogens is 799 g/mol. The SMILES string of the molecule is ClB1n2c3c4cccc(I)c4c2N=c2c4cccc(I)c4c(n21)=NC1=NC(=N3)c2c(I)cccc21. The summed E-state index contributed by atoms with van der Waals surface area (Å²) in [5.41, 5.74) is 3.55. The zero-order valence-corrected chi connectivity index (χ0v) is 24.7. The van der Waals surface area contributed by atoms with Crippen LogP contribution in [0.4, 0.5) is 11.6 Å². The van der Waals surface area contributed by atoms with Crippen molar-refractivity contribution >= 4 is 130 Å². The Hall–Kier alpha value is -1.78. The van der Waals surface area contributed by atoms with Crippen molar-refractivity contribution in [2.75, 3.05) is 0 Å². The number of rotatable bonds is 0. The zero-order chi connectivity index (χ0) is 23.6. The summed E-state index contributed by atoms with van der Waals surface area (Å²) in [7, 11) is 0. The standard InChI is InChI=1S/C24H9BClI3N6/c26-25-34-21-11-5-2-9-15(29)18(11)24(34)33-22-12-6-3-8-14(28)17(12)23(35(22)25)31-19-10-4-1-7-13(27)16(10)20(30-19)32-21/h1-9H. The maximum absolute atomic E-state index is 7.32. The lowest BCUT2D eigenvalue weighted by Crippen LogP contribution is -2.45. The predicted molar refractivity (Wildman–Crippen MR) is 166 cm³/mol. The topological polar surface area (TPSA) is 59.3 Å². The molecule has 11 heteroatoms. The minimum Gasteiger partial charge on any atom is -0.319 e. The summed E-state index contributed by atoms with van der Waals surface area (Å²) in [6.45, 7) is 0. The summed E-state index contributed by atoms with van der Waals surface area (Å²) in [5, 5.41) is 4.11. The molecule has 3 aromatic carbocycles. The van der Waals surface area contributed by atoms with E-state index in [-0.39, 0.29) is 0 Å². The minimum atomic E-state index is -0.581.